The smallest absolute Gasteiger partial charge is 0.134 e. The third kappa shape index (κ3) is 3.19. The number of rotatable bonds is 5. The zero-order valence-corrected chi connectivity index (χ0v) is 12.5. The Labute approximate surface area is 124 Å². The van der Waals surface area contributed by atoms with Gasteiger partial charge in [0.2, 0.25) is 0 Å². The van der Waals surface area contributed by atoms with E-state index in [0.717, 1.165) is 27.7 Å². The summed E-state index contributed by atoms with van der Waals surface area (Å²) in [6.45, 7) is 0. The standard InChI is InChI=1S/C16H22N2OS/c17-18-14(11-20-13-7-2-1-3-8-13)16-10-12-6-4-5-9-15(12)19-16/h4-6,9-10,13-14,18H,1-3,7-8,11,17H2. The first kappa shape index (κ1) is 14.0. The van der Waals surface area contributed by atoms with Crippen molar-refractivity contribution in [3.05, 3.63) is 36.1 Å². The van der Waals surface area contributed by atoms with Gasteiger partial charge in [0, 0.05) is 16.4 Å². The molecule has 1 unspecified atom stereocenters. The summed E-state index contributed by atoms with van der Waals surface area (Å²) < 4.78 is 5.91. The molecule has 2 aromatic rings. The highest BCUT2D eigenvalue weighted by Crippen LogP contribution is 2.32. The predicted octanol–water partition coefficient (Wildman–Crippen LogP) is 4.00. The van der Waals surface area contributed by atoms with E-state index in [0.29, 0.717) is 0 Å². The van der Waals surface area contributed by atoms with Gasteiger partial charge in [-0.05, 0) is 25.0 Å². The molecule has 1 saturated carbocycles. The monoisotopic (exact) mass is 290 g/mol. The van der Waals surface area contributed by atoms with Crippen molar-refractivity contribution in [2.24, 2.45) is 5.84 Å². The lowest BCUT2D eigenvalue weighted by Crippen LogP contribution is -2.30. The van der Waals surface area contributed by atoms with Crippen LogP contribution in [0.25, 0.3) is 11.0 Å². The van der Waals surface area contributed by atoms with Gasteiger partial charge in [0.05, 0.1) is 6.04 Å². The molecule has 1 heterocycles. The Bertz CT molecular complexity index is 515. The maximum atomic E-state index is 5.91. The molecule has 1 aromatic heterocycles. The Hall–Kier alpha value is -0.970. The van der Waals surface area contributed by atoms with E-state index in [1.54, 1.807) is 0 Å². The van der Waals surface area contributed by atoms with Crippen LogP contribution in [0.2, 0.25) is 0 Å². The number of nitrogens with one attached hydrogen (secondary N) is 1. The van der Waals surface area contributed by atoms with E-state index in [4.69, 9.17) is 10.3 Å². The molecule has 0 bridgehead atoms. The van der Waals surface area contributed by atoms with Crippen molar-refractivity contribution in [2.45, 2.75) is 43.4 Å². The average Bonchev–Trinajstić information content (AvgIpc) is 2.92. The number of hydrogen-bond acceptors (Lipinski definition) is 4. The van der Waals surface area contributed by atoms with E-state index >= 15 is 0 Å². The van der Waals surface area contributed by atoms with Crippen LogP contribution in [0.3, 0.4) is 0 Å². The highest BCUT2D eigenvalue weighted by molar-refractivity contribution is 7.99. The fraction of sp³-hybridized carbons (Fsp3) is 0.500. The summed E-state index contributed by atoms with van der Waals surface area (Å²) in [6, 6.07) is 10.3. The van der Waals surface area contributed by atoms with Crippen LogP contribution in [-0.4, -0.2) is 11.0 Å². The molecule has 1 atom stereocenters. The van der Waals surface area contributed by atoms with Gasteiger partial charge >= 0.3 is 0 Å². The minimum atomic E-state index is 0.0920. The van der Waals surface area contributed by atoms with Crippen LogP contribution in [0, 0.1) is 0 Å². The van der Waals surface area contributed by atoms with Gasteiger partial charge in [0.1, 0.15) is 11.3 Å². The summed E-state index contributed by atoms with van der Waals surface area (Å²) in [4.78, 5) is 0. The molecule has 1 fully saturated rings. The van der Waals surface area contributed by atoms with Crippen molar-refractivity contribution >= 4 is 22.7 Å². The summed E-state index contributed by atoms with van der Waals surface area (Å²) >= 11 is 2.03. The van der Waals surface area contributed by atoms with Gasteiger partial charge < -0.3 is 4.42 Å². The summed E-state index contributed by atoms with van der Waals surface area (Å²) in [5, 5.41) is 1.94. The molecule has 0 aliphatic heterocycles. The zero-order valence-electron chi connectivity index (χ0n) is 11.7. The normalized spacial score (nSPS) is 18.4. The van der Waals surface area contributed by atoms with E-state index in [2.05, 4.69) is 17.6 Å². The quantitative estimate of drug-likeness (QED) is 0.645. The number of furan rings is 1. The van der Waals surface area contributed by atoms with Crippen molar-refractivity contribution in [3.63, 3.8) is 0 Å². The number of fused-ring (bicyclic) bond motifs is 1. The maximum Gasteiger partial charge on any atom is 0.134 e. The highest BCUT2D eigenvalue weighted by atomic mass is 32.2. The second-order valence-electron chi connectivity index (χ2n) is 5.50. The first-order chi connectivity index (χ1) is 9.86. The molecule has 0 spiro atoms. The van der Waals surface area contributed by atoms with Crippen molar-refractivity contribution in [2.75, 3.05) is 5.75 Å². The van der Waals surface area contributed by atoms with Gasteiger partial charge in [-0.3, -0.25) is 5.84 Å². The summed E-state index contributed by atoms with van der Waals surface area (Å²) in [5.41, 5.74) is 3.84. The van der Waals surface area contributed by atoms with Crippen LogP contribution in [-0.2, 0) is 0 Å². The number of hydrazine groups is 1. The van der Waals surface area contributed by atoms with E-state index in [1.807, 2.05) is 30.0 Å². The predicted molar refractivity (Wildman–Crippen MR) is 85.6 cm³/mol. The average molecular weight is 290 g/mol. The van der Waals surface area contributed by atoms with Crippen LogP contribution in [0.5, 0.6) is 0 Å². The number of hydrogen-bond donors (Lipinski definition) is 2. The Balaban J connectivity index is 1.65. The molecule has 1 aromatic carbocycles. The van der Waals surface area contributed by atoms with E-state index < -0.39 is 0 Å². The van der Waals surface area contributed by atoms with Gasteiger partial charge in [-0.1, -0.05) is 37.5 Å². The Morgan fingerprint density at radius 2 is 2.05 bits per heavy atom. The summed E-state index contributed by atoms with van der Waals surface area (Å²) in [7, 11) is 0. The van der Waals surface area contributed by atoms with Crippen LogP contribution in [0.15, 0.2) is 34.7 Å². The van der Waals surface area contributed by atoms with Crippen LogP contribution in [0.4, 0.5) is 0 Å². The van der Waals surface area contributed by atoms with Crippen molar-refractivity contribution in [3.8, 4) is 0 Å². The van der Waals surface area contributed by atoms with E-state index in [-0.39, 0.29) is 6.04 Å². The van der Waals surface area contributed by atoms with Crippen molar-refractivity contribution < 1.29 is 4.42 Å². The summed E-state index contributed by atoms with van der Waals surface area (Å²) in [6.07, 6.45) is 6.86. The maximum absolute atomic E-state index is 5.91. The minimum Gasteiger partial charge on any atom is -0.459 e. The molecule has 0 radical (unpaired) electrons. The molecule has 20 heavy (non-hydrogen) atoms. The van der Waals surface area contributed by atoms with Gasteiger partial charge in [0.25, 0.3) is 0 Å². The zero-order chi connectivity index (χ0) is 13.8. The molecule has 3 N–H and O–H groups in total. The van der Waals surface area contributed by atoms with E-state index in [1.165, 1.54) is 32.1 Å². The van der Waals surface area contributed by atoms with E-state index in [9.17, 15) is 0 Å². The molecule has 3 nitrogen and oxygen atoms in total. The van der Waals surface area contributed by atoms with Crippen LogP contribution in [0.1, 0.15) is 43.9 Å². The molecule has 0 amide bonds. The highest BCUT2D eigenvalue weighted by Gasteiger charge is 2.19. The Kier molecular flexibility index (Phi) is 4.65. The number of thioether (sulfide) groups is 1. The van der Waals surface area contributed by atoms with Crippen molar-refractivity contribution in [1.29, 1.82) is 0 Å². The number of benzene rings is 1. The second-order valence-corrected chi connectivity index (χ2v) is 6.83. The Morgan fingerprint density at radius 3 is 2.80 bits per heavy atom. The molecule has 3 rings (SSSR count). The lowest BCUT2D eigenvalue weighted by atomic mass is 10.0. The first-order valence-electron chi connectivity index (χ1n) is 7.43. The number of para-hydroxylation sites is 1. The van der Waals surface area contributed by atoms with Gasteiger partial charge in [-0.15, -0.1) is 0 Å². The first-order valence-corrected chi connectivity index (χ1v) is 8.48. The van der Waals surface area contributed by atoms with Crippen LogP contribution >= 0.6 is 11.8 Å². The fourth-order valence-electron chi connectivity index (χ4n) is 2.85. The molecule has 0 saturated heterocycles. The molecule has 4 heteroatoms. The molecule has 1 aliphatic rings. The molecule has 108 valence electrons. The lowest BCUT2D eigenvalue weighted by molar-refractivity contribution is 0.461. The second kappa shape index (κ2) is 6.66. The van der Waals surface area contributed by atoms with Gasteiger partial charge in [-0.2, -0.15) is 11.8 Å². The molecule has 1 aliphatic carbocycles. The Morgan fingerprint density at radius 1 is 1.25 bits per heavy atom. The van der Waals surface area contributed by atoms with Gasteiger partial charge in [-0.25, -0.2) is 5.43 Å². The molecular formula is C16H22N2OS. The third-order valence-corrected chi connectivity index (χ3v) is 5.51. The fourth-order valence-corrected chi connectivity index (χ4v) is 4.24. The lowest BCUT2D eigenvalue weighted by Gasteiger charge is -2.23. The van der Waals surface area contributed by atoms with Gasteiger partial charge in [0.15, 0.2) is 0 Å². The van der Waals surface area contributed by atoms with Crippen LogP contribution < -0.4 is 11.3 Å². The number of nitrogens with two attached hydrogens (primary N) is 1. The topological polar surface area (TPSA) is 51.2 Å². The largest absolute Gasteiger partial charge is 0.459 e. The summed E-state index contributed by atoms with van der Waals surface area (Å²) in [5.74, 6) is 7.63. The SMILES string of the molecule is NNC(CSC1CCCCC1)c1cc2ccccc2o1. The van der Waals surface area contributed by atoms with Crippen molar-refractivity contribution in [1.82, 2.24) is 5.43 Å². The third-order valence-electron chi connectivity index (χ3n) is 4.04. The minimum absolute atomic E-state index is 0.0920. The molecular weight excluding hydrogens is 268 g/mol.